The van der Waals surface area contributed by atoms with Gasteiger partial charge >= 0.3 is 0 Å². The molecule has 0 N–H and O–H groups in total. The summed E-state index contributed by atoms with van der Waals surface area (Å²) in [6.45, 7) is 2.77. The van der Waals surface area contributed by atoms with Crippen molar-refractivity contribution in [2.75, 3.05) is 26.2 Å². The van der Waals surface area contributed by atoms with Crippen molar-refractivity contribution in [3.8, 4) is 0 Å². The Labute approximate surface area is 161 Å². The molecule has 3 aromatic rings. The lowest BCUT2D eigenvalue weighted by Gasteiger charge is -2.33. The van der Waals surface area contributed by atoms with Gasteiger partial charge in [-0.25, -0.2) is 8.42 Å². The molecule has 0 atom stereocenters. The smallest absolute Gasteiger partial charge is 0.243 e. The van der Waals surface area contributed by atoms with Crippen molar-refractivity contribution < 1.29 is 8.42 Å². The van der Waals surface area contributed by atoms with Crippen LogP contribution < -0.4 is 0 Å². The van der Waals surface area contributed by atoms with Crippen molar-refractivity contribution in [2.24, 2.45) is 0 Å². The number of hydrogen-bond acceptors (Lipinski definition) is 6. The van der Waals surface area contributed by atoms with Crippen LogP contribution >= 0.6 is 23.1 Å². The molecular formula is C17H17ClN4O2S2. The molecule has 2 aromatic carbocycles. The molecule has 6 nitrogen and oxygen atoms in total. The van der Waals surface area contributed by atoms with Gasteiger partial charge in [-0.05, 0) is 22.9 Å². The third-order valence-electron chi connectivity index (χ3n) is 4.57. The molecule has 0 radical (unpaired) electrons. The zero-order valence-electron chi connectivity index (χ0n) is 13.9. The van der Waals surface area contributed by atoms with E-state index in [9.17, 15) is 8.42 Å². The van der Waals surface area contributed by atoms with E-state index in [4.69, 9.17) is 11.6 Å². The van der Waals surface area contributed by atoms with Gasteiger partial charge in [0.1, 0.15) is 10.0 Å². The van der Waals surface area contributed by atoms with Gasteiger partial charge in [0.25, 0.3) is 0 Å². The number of aromatic nitrogens is 2. The number of piperazine rings is 1. The van der Waals surface area contributed by atoms with E-state index in [0.29, 0.717) is 42.0 Å². The van der Waals surface area contributed by atoms with Crippen LogP contribution in [-0.2, 0) is 16.6 Å². The Morgan fingerprint density at radius 1 is 1.04 bits per heavy atom. The van der Waals surface area contributed by atoms with Gasteiger partial charge in [-0.1, -0.05) is 46.4 Å². The lowest BCUT2D eigenvalue weighted by molar-refractivity contribution is 0.180. The van der Waals surface area contributed by atoms with Crippen LogP contribution in [0, 0.1) is 0 Å². The second kappa shape index (κ2) is 7.21. The predicted molar refractivity (Wildman–Crippen MR) is 103 cm³/mol. The number of benzene rings is 2. The quantitative estimate of drug-likeness (QED) is 0.664. The Balaban J connectivity index is 1.48. The van der Waals surface area contributed by atoms with Crippen molar-refractivity contribution in [3.05, 3.63) is 52.5 Å². The molecule has 0 bridgehead atoms. The summed E-state index contributed by atoms with van der Waals surface area (Å²) in [5.74, 6) is 0. The second-order valence-corrected chi connectivity index (χ2v) is 9.48. The molecular weight excluding hydrogens is 392 g/mol. The number of sulfonamides is 1. The molecule has 1 fully saturated rings. The molecule has 26 heavy (non-hydrogen) atoms. The van der Waals surface area contributed by atoms with Crippen LogP contribution in [0.2, 0.25) is 4.34 Å². The maximum atomic E-state index is 13.0. The first-order chi connectivity index (χ1) is 12.5. The highest BCUT2D eigenvalue weighted by molar-refractivity contribution is 7.89. The second-order valence-electron chi connectivity index (χ2n) is 6.18. The van der Waals surface area contributed by atoms with Crippen LogP contribution in [0.25, 0.3) is 10.8 Å². The molecule has 136 valence electrons. The number of rotatable bonds is 4. The first-order valence-electron chi connectivity index (χ1n) is 8.22. The summed E-state index contributed by atoms with van der Waals surface area (Å²) in [4.78, 5) is 2.49. The molecule has 1 aliphatic heterocycles. The van der Waals surface area contributed by atoms with E-state index < -0.39 is 10.0 Å². The fourth-order valence-electron chi connectivity index (χ4n) is 3.11. The Bertz CT molecular complexity index is 1030. The van der Waals surface area contributed by atoms with E-state index in [1.807, 2.05) is 30.3 Å². The van der Waals surface area contributed by atoms with Crippen molar-refractivity contribution in [3.63, 3.8) is 0 Å². The monoisotopic (exact) mass is 408 g/mol. The predicted octanol–water partition coefficient (Wildman–Crippen LogP) is 2.85. The number of hydrogen-bond donors (Lipinski definition) is 0. The fourth-order valence-corrected chi connectivity index (χ4v) is 5.18. The topological polar surface area (TPSA) is 66.4 Å². The minimum Gasteiger partial charge on any atom is -0.295 e. The Morgan fingerprint density at radius 2 is 1.77 bits per heavy atom. The Hall–Kier alpha value is -1.58. The van der Waals surface area contributed by atoms with Crippen molar-refractivity contribution in [1.29, 1.82) is 0 Å². The summed E-state index contributed by atoms with van der Waals surface area (Å²) in [7, 11) is -3.49. The minimum absolute atomic E-state index is 0.344. The van der Waals surface area contributed by atoms with Gasteiger partial charge in [0, 0.05) is 44.3 Å². The maximum absolute atomic E-state index is 13.0. The molecule has 1 saturated heterocycles. The molecule has 1 aliphatic rings. The summed E-state index contributed by atoms with van der Waals surface area (Å²) in [6.07, 6.45) is 0. The van der Waals surface area contributed by atoms with Gasteiger partial charge in [0.15, 0.2) is 0 Å². The molecule has 2 heterocycles. The third-order valence-corrected chi connectivity index (χ3v) is 7.45. The van der Waals surface area contributed by atoms with Gasteiger partial charge in [-0.3, -0.25) is 4.90 Å². The average Bonchev–Trinajstić information content (AvgIpc) is 3.06. The van der Waals surface area contributed by atoms with Gasteiger partial charge in [-0.15, -0.1) is 5.10 Å². The summed E-state index contributed by atoms with van der Waals surface area (Å²) in [5, 5.41) is 5.98. The number of fused-ring (bicyclic) bond motifs is 1. The largest absolute Gasteiger partial charge is 0.295 e. The Kier molecular flexibility index (Phi) is 4.94. The zero-order chi connectivity index (χ0) is 18.1. The SMILES string of the molecule is O=S(=O)(c1ccc2ccccc2c1)N1CCN(Cc2nnsc2Cl)CC1. The molecule has 0 aliphatic carbocycles. The minimum atomic E-state index is -3.49. The van der Waals surface area contributed by atoms with Crippen LogP contribution in [0.4, 0.5) is 0 Å². The molecule has 4 rings (SSSR count). The molecule has 0 spiro atoms. The molecule has 0 saturated carbocycles. The normalized spacial score (nSPS) is 17.0. The summed E-state index contributed by atoms with van der Waals surface area (Å²) < 4.78 is 31.9. The lowest BCUT2D eigenvalue weighted by atomic mass is 10.1. The van der Waals surface area contributed by atoms with Crippen molar-refractivity contribution >= 4 is 43.9 Å². The van der Waals surface area contributed by atoms with Gasteiger partial charge in [-0.2, -0.15) is 4.31 Å². The van der Waals surface area contributed by atoms with Crippen LogP contribution in [0.3, 0.4) is 0 Å². The molecule has 0 amide bonds. The molecule has 1 aromatic heterocycles. The third kappa shape index (κ3) is 3.47. The Morgan fingerprint density at radius 3 is 2.46 bits per heavy atom. The standard InChI is InChI=1S/C17H17ClN4O2S2/c18-17-16(19-20-25-17)12-21-7-9-22(10-8-21)26(23,24)15-6-5-13-3-1-2-4-14(13)11-15/h1-6,11H,7-10,12H2. The van der Waals surface area contributed by atoms with E-state index in [-0.39, 0.29) is 0 Å². The molecule has 9 heteroatoms. The van der Waals surface area contributed by atoms with E-state index in [2.05, 4.69) is 14.5 Å². The number of nitrogens with zero attached hydrogens (tertiary/aromatic N) is 4. The van der Waals surface area contributed by atoms with Crippen LogP contribution in [0.5, 0.6) is 0 Å². The van der Waals surface area contributed by atoms with Gasteiger partial charge < -0.3 is 0 Å². The molecule has 0 unspecified atom stereocenters. The zero-order valence-corrected chi connectivity index (χ0v) is 16.3. The average molecular weight is 409 g/mol. The van der Waals surface area contributed by atoms with Crippen LogP contribution in [0.15, 0.2) is 47.4 Å². The lowest BCUT2D eigenvalue weighted by Crippen LogP contribution is -2.48. The first kappa shape index (κ1) is 17.8. The van der Waals surface area contributed by atoms with E-state index in [1.165, 1.54) is 11.5 Å². The van der Waals surface area contributed by atoms with Gasteiger partial charge in [0.2, 0.25) is 10.0 Å². The highest BCUT2D eigenvalue weighted by atomic mass is 35.5. The first-order valence-corrected chi connectivity index (χ1v) is 10.8. The summed E-state index contributed by atoms with van der Waals surface area (Å²) in [5.41, 5.74) is 0.752. The summed E-state index contributed by atoms with van der Waals surface area (Å²) >= 11 is 7.22. The van der Waals surface area contributed by atoms with Crippen molar-refractivity contribution in [1.82, 2.24) is 18.8 Å². The fraction of sp³-hybridized carbons (Fsp3) is 0.294. The van der Waals surface area contributed by atoms with Crippen LogP contribution in [-0.4, -0.2) is 53.4 Å². The highest BCUT2D eigenvalue weighted by Gasteiger charge is 2.29. The van der Waals surface area contributed by atoms with Crippen molar-refractivity contribution in [2.45, 2.75) is 11.4 Å². The van der Waals surface area contributed by atoms with E-state index in [0.717, 1.165) is 16.5 Å². The van der Waals surface area contributed by atoms with E-state index in [1.54, 1.807) is 16.4 Å². The summed E-state index contributed by atoms with van der Waals surface area (Å²) in [6, 6.07) is 13.1. The number of halogens is 1. The van der Waals surface area contributed by atoms with Gasteiger partial charge in [0.05, 0.1) is 4.90 Å². The van der Waals surface area contributed by atoms with Crippen LogP contribution in [0.1, 0.15) is 5.69 Å². The highest BCUT2D eigenvalue weighted by Crippen LogP contribution is 2.24. The maximum Gasteiger partial charge on any atom is 0.243 e. The van der Waals surface area contributed by atoms with E-state index >= 15 is 0 Å².